The maximum absolute atomic E-state index is 5.81. The highest BCUT2D eigenvalue weighted by molar-refractivity contribution is 6.19. The summed E-state index contributed by atoms with van der Waals surface area (Å²) < 4.78 is 11.4. The van der Waals surface area contributed by atoms with Gasteiger partial charge in [-0.15, -0.1) is 0 Å². The molecule has 1 unspecified atom stereocenters. The SMILES string of the molecule is CC1(C)[C@@H]2C[C@H]3OBOC3(C)[C@H]1C2. The summed E-state index contributed by atoms with van der Waals surface area (Å²) in [4.78, 5) is 0. The van der Waals surface area contributed by atoms with Crippen LogP contribution >= 0.6 is 0 Å². The molecule has 1 aliphatic heterocycles. The van der Waals surface area contributed by atoms with E-state index in [-0.39, 0.29) is 5.60 Å². The van der Waals surface area contributed by atoms with Crippen molar-refractivity contribution in [3.63, 3.8) is 0 Å². The summed E-state index contributed by atoms with van der Waals surface area (Å²) in [6.07, 6.45) is 2.94. The Kier molecular flexibility index (Phi) is 1.37. The second-order valence-electron chi connectivity index (χ2n) is 5.64. The molecule has 3 heteroatoms. The van der Waals surface area contributed by atoms with Gasteiger partial charge in [0.05, 0.1) is 11.7 Å². The lowest BCUT2D eigenvalue weighted by Gasteiger charge is -2.64. The van der Waals surface area contributed by atoms with Crippen molar-refractivity contribution in [3.05, 3.63) is 0 Å². The van der Waals surface area contributed by atoms with Gasteiger partial charge in [-0.25, -0.2) is 0 Å². The van der Waals surface area contributed by atoms with Crippen molar-refractivity contribution in [1.29, 1.82) is 0 Å². The Morgan fingerprint density at radius 3 is 2.69 bits per heavy atom. The van der Waals surface area contributed by atoms with E-state index in [4.69, 9.17) is 9.31 Å². The van der Waals surface area contributed by atoms with Crippen LogP contribution in [0.15, 0.2) is 0 Å². The molecule has 1 saturated heterocycles. The van der Waals surface area contributed by atoms with Gasteiger partial charge in [-0.1, -0.05) is 13.8 Å². The third kappa shape index (κ3) is 0.786. The molecule has 4 fully saturated rings. The van der Waals surface area contributed by atoms with Gasteiger partial charge in [0.2, 0.25) is 0 Å². The minimum absolute atomic E-state index is 0.0260. The fourth-order valence-electron chi connectivity index (χ4n) is 3.78. The maximum atomic E-state index is 5.81. The zero-order chi connectivity index (χ0) is 9.27. The predicted molar refractivity (Wildman–Crippen MR) is 51.5 cm³/mol. The first kappa shape index (κ1) is 8.31. The molecule has 13 heavy (non-hydrogen) atoms. The standard InChI is InChI=1S/C10H17BO2/c1-9(2)6-4-7(9)10(3)8(5-6)12-11-13-10/h6-8,11H,4-5H2,1-3H3/t6-,7-,8+,10?/m0/s1. The molecule has 1 heterocycles. The number of hydrogen-bond acceptors (Lipinski definition) is 2. The highest BCUT2D eigenvalue weighted by Crippen LogP contribution is 2.65. The van der Waals surface area contributed by atoms with E-state index in [0.29, 0.717) is 25.1 Å². The van der Waals surface area contributed by atoms with E-state index in [1.165, 1.54) is 12.8 Å². The Bertz CT molecular complexity index is 253. The molecule has 3 saturated carbocycles. The summed E-state index contributed by atoms with van der Waals surface area (Å²) in [5.74, 6) is 1.59. The molecule has 0 amide bonds. The fourth-order valence-corrected chi connectivity index (χ4v) is 3.78. The first-order valence-electron chi connectivity index (χ1n) is 5.30. The summed E-state index contributed by atoms with van der Waals surface area (Å²) in [6.45, 7) is 7.01. The minimum atomic E-state index is 0.0260. The first-order valence-corrected chi connectivity index (χ1v) is 5.30. The van der Waals surface area contributed by atoms with Crippen LogP contribution < -0.4 is 0 Å². The minimum Gasteiger partial charge on any atom is -0.408 e. The van der Waals surface area contributed by atoms with Gasteiger partial charge in [0.25, 0.3) is 0 Å². The van der Waals surface area contributed by atoms with Crippen LogP contribution in [0.3, 0.4) is 0 Å². The molecule has 0 aromatic heterocycles. The molecule has 0 spiro atoms. The van der Waals surface area contributed by atoms with Crippen molar-refractivity contribution in [2.24, 2.45) is 17.3 Å². The summed E-state index contributed by atoms with van der Waals surface area (Å²) in [5.41, 5.74) is 0.511. The van der Waals surface area contributed by atoms with Crippen molar-refractivity contribution < 1.29 is 9.31 Å². The van der Waals surface area contributed by atoms with Crippen molar-refractivity contribution in [1.82, 2.24) is 0 Å². The Labute approximate surface area is 80.3 Å². The second kappa shape index (κ2) is 2.14. The summed E-state index contributed by atoms with van der Waals surface area (Å²) in [5, 5.41) is 0. The van der Waals surface area contributed by atoms with Crippen LogP contribution in [0, 0.1) is 17.3 Å². The summed E-state index contributed by atoms with van der Waals surface area (Å²) in [7, 11) is 0.514. The van der Waals surface area contributed by atoms with E-state index >= 15 is 0 Å². The van der Waals surface area contributed by atoms with Gasteiger partial charge in [0.15, 0.2) is 0 Å². The fraction of sp³-hybridized carbons (Fsp3) is 1.00. The zero-order valence-corrected chi connectivity index (χ0v) is 8.67. The molecule has 0 aromatic rings. The van der Waals surface area contributed by atoms with Crippen LogP contribution in [0.1, 0.15) is 33.6 Å². The molecular formula is C10H17BO2. The largest absolute Gasteiger partial charge is 0.438 e. The lowest BCUT2D eigenvalue weighted by Crippen LogP contribution is -2.65. The second-order valence-corrected chi connectivity index (χ2v) is 5.64. The van der Waals surface area contributed by atoms with Crippen LogP contribution in [0.4, 0.5) is 0 Å². The van der Waals surface area contributed by atoms with Gasteiger partial charge in [0.1, 0.15) is 0 Å². The van der Waals surface area contributed by atoms with Crippen LogP contribution in [-0.4, -0.2) is 19.4 Å². The number of rotatable bonds is 0. The van der Waals surface area contributed by atoms with E-state index in [9.17, 15) is 0 Å². The number of hydrogen-bond donors (Lipinski definition) is 0. The normalized spacial score (nSPS) is 56.4. The molecule has 2 bridgehead atoms. The van der Waals surface area contributed by atoms with Gasteiger partial charge in [0, 0.05) is 0 Å². The lowest BCUT2D eigenvalue weighted by atomic mass is 9.43. The molecule has 4 rings (SSSR count). The predicted octanol–water partition coefficient (Wildman–Crippen LogP) is 1.49. The van der Waals surface area contributed by atoms with Crippen molar-refractivity contribution in [2.75, 3.05) is 0 Å². The van der Waals surface area contributed by atoms with E-state index in [1.807, 2.05) is 0 Å². The average molecular weight is 180 g/mol. The first-order chi connectivity index (χ1) is 6.05. The van der Waals surface area contributed by atoms with E-state index in [2.05, 4.69) is 20.8 Å². The van der Waals surface area contributed by atoms with Crippen molar-refractivity contribution >= 4 is 7.69 Å². The van der Waals surface area contributed by atoms with Gasteiger partial charge in [-0.3, -0.25) is 0 Å². The van der Waals surface area contributed by atoms with Crippen molar-refractivity contribution in [3.8, 4) is 0 Å². The van der Waals surface area contributed by atoms with Crippen LogP contribution in [0.2, 0.25) is 0 Å². The average Bonchev–Trinajstić information content (AvgIpc) is 2.44. The maximum Gasteiger partial charge on any atom is 0.438 e. The quantitative estimate of drug-likeness (QED) is 0.526. The van der Waals surface area contributed by atoms with Crippen LogP contribution in [0.5, 0.6) is 0 Å². The van der Waals surface area contributed by atoms with Gasteiger partial charge >= 0.3 is 7.69 Å². The lowest BCUT2D eigenvalue weighted by molar-refractivity contribution is -0.199. The Balaban J connectivity index is 1.97. The Hall–Kier alpha value is -0.0151. The third-order valence-electron chi connectivity index (χ3n) is 4.94. The Morgan fingerprint density at radius 1 is 1.23 bits per heavy atom. The Morgan fingerprint density at radius 2 is 2.00 bits per heavy atom. The molecule has 4 aliphatic rings. The molecule has 0 radical (unpaired) electrons. The molecule has 4 atom stereocenters. The summed E-state index contributed by atoms with van der Waals surface area (Å²) >= 11 is 0. The van der Waals surface area contributed by atoms with E-state index < -0.39 is 0 Å². The zero-order valence-electron chi connectivity index (χ0n) is 8.67. The third-order valence-corrected chi connectivity index (χ3v) is 4.94. The van der Waals surface area contributed by atoms with Crippen LogP contribution in [0.25, 0.3) is 0 Å². The molecule has 0 aromatic carbocycles. The molecule has 0 N–H and O–H groups in total. The highest BCUT2D eigenvalue weighted by Gasteiger charge is 2.65. The monoisotopic (exact) mass is 180 g/mol. The topological polar surface area (TPSA) is 18.5 Å². The van der Waals surface area contributed by atoms with E-state index in [0.717, 1.165) is 5.92 Å². The smallest absolute Gasteiger partial charge is 0.408 e. The van der Waals surface area contributed by atoms with Crippen LogP contribution in [-0.2, 0) is 9.31 Å². The van der Waals surface area contributed by atoms with Crippen molar-refractivity contribution in [2.45, 2.75) is 45.3 Å². The molecule has 72 valence electrons. The molecule has 3 aliphatic carbocycles. The van der Waals surface area contributed by atoms with Gasteiger partial charge in [-0.05, 0) is 37.0 Å². The van der Waals surface area contributed by atoms with Gasteiger partial charge in [-0.2, -0.15) is 0 Å². The summed E-state index contributed by atoms with van der Waals surface area (Å²) in [6, 6.07) is 0. The molecular weight excluding hydrogens is 163 g/mol. The highest BCUT2D eigenvalue weighted by atomic mass is 16.6. The molecule has 2 nitrogen and oxygen atoms in total. The van der Waals surface area contributed by atoms with E-state index in [1.54, 1.807) is 0 Å². The van der Waals surface area contributed by atoms with Gasteiger partial charge < -0.3 is 9.31 Å².